The van der Waals surface area contributed by atoms with Crippen molar-refractivity contribution in [1.29, 1.82) is 0 Å². The average Bonchev–Trinajstić information content (AvgIpc) is 2.60. The van der Waals surface area contributed by atoms with Crippen molar-refractivity contribution in [3.63, 3.8) is 0 Å². The lowest BCUT2D eigenvalue weighted by atomic mass is 10.1. The van der Waals surface area contributed by atoms with Crippen LogP contribution in [0.15, 0.2) is 66.9 Å². The number of benzene rings is 2. The molecule has 1 heterocycles. The highest BCUT2D eigenvalue weighted by Crippen LogP contribution is 2.17. The first kappa shape index (κ1) is 16.6. The molecule has 0 saturated carbocycles. The van der Waals surface area contributed by atoms with Crippen molar-refractivity contribution in [2.45, 2.75) is 13.5 Å². The van der Waals surface area contributed by atoms with Gasteiger partial charge in [-0.3, -0.25) is 9.78 Å². The fourth-order valence-corrected chi connectivity index (χ4v) is 2.46. The molecule has 0 radical (unpaired) electrons. The van der Waals surface area contributed by atoms with Gasteiger partial charge in [-0.05, 0) is 42.8 Å². The number of carbonyl (C=O) groups excluding carboxylic acids is 1. The van der Waals surface area contributed by atoms with Crippen molar-refractivity contribution in [1.82, 2.24) is 10.3 Å². The van der Waals surface area contributed by atoms with Gasteiger partial charge in [-0.2, -0.15) is 0 Å². The van der Waals surface area contributed by atoms with Crippen LogP contribution in [0.1, 0.15) is 21.6 Å². The van der Waals surface area contributed by atoms with Gasteiger partial charge in [0.2, 0.25) is 0 Å². The SMILES string of the molecule is Cc1cccc(CNC(=O)c2cc(Nc3cccc(F)c3)ccn2)c1. The van der Waals surface area contributed by atoms with Gasteiger partial charge < -0.3 is 10.6 Å². The molecule has 0 saturated heterocycles. The molecule has 3 aromatic rings. The zero-order chi connectivity index (χ0) is 17.6. The van der Waals surface area contributed by atoms with Crippen molar-refractivity contribution in [3.8, 4) is 0 Å². The maximum Gasteiger partial charge on any atom is 0.270 e. The van der Waals surface area contributed by atoms with Crippen LogP contribution in [-0.4, -0.2) is 10.9 Å². The number of hydrogen-bond donors (Lipinski definition) is 2. The zero-order valence-corrected chi connectivity index (χ0v) is 13.8. The molecule has 5 heteroatoms. The summed E-state index contributed by atoms with van der Waals surface area (Å²) in [7, 11) is 0. The fraction of sp³-hybridized carbons (Fsp3) is 0.100. The fourth-order valence-electron chi connectivity index (χ4n) is 2.46. The standard InChI is InChI=1S/C20H18FN3O/c1-14-4-2-5-15(10-14)13-23-20(25)19-12-18(8-9-22-19)24-17-7-3-6-16(21)11-17/h2-12H,13H2,1H3,(H,22,24)(H,23,25). The molecule has 0 unspecified atom stereocenters. The summed E-state index contributed by atoms with van der Waals surface area (Å²) in [4.78, 5) is 16.4. The van der Waals surface area contributed by atoms with E-state index in [2.05, 4.69) is 15.6 Å². The molecule has 0 fully saturated rings. The minimum Gasteiger partial charge on any atom is -0.355 e. The Labute approximate surface area is 145 Å². The monoisotopic (exact) mass is 335 g/mol. The third-order valence-electron chi connectivity index (χ3n) is 3.64. The summed E-state index contributed by atoms with van der Waals surface area (Å²) in [5.41, 5.74) is 3.75. The Morgan fingerprint density at radius 3 is 2.64 bits per heavy atom. The predicted octanol–water partition coefficient (Wildman–Crippen LogP) is 4.20. The molecule has 0 aliphatic rings. The lowest BCUT2D eigenvalue weighted by Crippen LogP contribution is -2.23. The summed E-state index contributed by atoms with van der Waals surface area (Å²) in [6.07, 6.45) is 1.54. The van der Waals surface area contributed by atoms with Gasteiger partial charge in [-0.25, -0.2) is 4.39 Å². The van der Waals surface area contributed by atoms with Crippen LogP contribution in [0.2, 0.25) is 0 Å². The van der Waals surface area contributed by atoms with Crippen LogP contribution < -0.4 is 10.6 Å². The summed E-state index contributed by atoms with van der Waals surface area (Å²) in [6, 6.07) is 17.4. The second-order valence-electron chi connectivity index (χ2n) is 5.74. The second-order valence-corrected chi connectivity index (χ2v) is 5.74. The van der Waals surface area contributed by atoms with E-state index in [1.165, 1.54) is 12.1 Å². The molecule has 0 aliphatic heterocycles. The molecule has 0 aliphatic carbocycles. The van der Waals surface area contributed by atoms with E-state index < -0.39 is 0 Å². The molecule has 25 heavy (non-hydrogen) atoms. The minimum atomic E-state index is -0.324. The molecular formula is C20H18FN3O. The van der Waals surface area contributed by atoms with Gasteiger partial charge in [0.25, 0.3) is 5.91 Å². The molecule has 1 amide bonds. The van der Waals surface area contributed by atoms with Gasteiger partial charge in [0.05, 0.1) is 0 Å². The van der Waals surface area contributed by atoms with E-state index >= 15 is 0 Å². The van der Waals surface area contributed by atoms with Gasteiger partial charge in [0.15, 0.2) is 0 Å². The summed E-state index contributed by atoms with van der Waals surface area (Å²) in [5, 5.41) is 5.91. The largest absolute Gasteiger partial charge is 0.355 e. The van der Waals surface area contributed by atoms with E-state index in [-0.39, 0.29) is 11.7 Å². The number of nitrogens with one attached hydrogen (secondary N) is 2. The number of aromatic nitrogens is 1. The Kier molecular flexibility index (Phi) is 5.04. The number of nitrogens with zero attached hydrogens (tertiary/aromatic N) is 1. The third-order valence-corrected chi connectivity index (χ3v) is 3.64. The first-order chi connectivity index (χ1) is 12.1. The Morgan fingerprint density at radius 2 is 1.84 bits per heavy atom. The Morgan fingerprint density at radius 1 is 1.04 bits per heavy atom. The number of pyridine rings is 1. The average molecular weight is 335 g/mol. The van der Waals surface area contributed by atoms with Crippen LogP contribution in [0.4, 0.5) is 15.8 Å². The van der Waals surface area contributed by atoms with Crippen LogP contribution in [0.25, 0.3) is 0 Å². The highest BCUT2D eigenvalue weighted by atomic mass is 19.1. The highest BCUT2D eigenvalue weighted by molar-refractivity contribution is 5.93. The summed E-state index contributed by atoms with van der Waals surface area (Å²) >= 11 is 0. The first-order valence-corrected chi connectivity index (χ1v) is 7.92. The van der Waals surface area contributed by atoms with E-state index in [9.17, 15) is 9.18 Å². The van der Waals surface area contributed by atoms with Crippen molar-refractivity contribution in [3.05, 3.63) is 89.5 Å². The number of rotatable bonds is 5. The van der Waals surface area contributed by atoms with Gasteiger partial charge in [0.1, 0.15) is 11.5 Å². The lowest BCUT2D eigenvalue weighted by molar-refractivity contribution is 0.0946. The smallest absolute Gasteiger partial charge is 0.270 e. The Bertz CT molecular complexity index is 895. The molecule has 2 N–H and O–H groups in total. The summed E-state index contributed by atoms with van der Waals surface area (Å²) in [5.74, 6) is -0.584. The molecule has 0 spiro atoms. The lowest BCUT2D eigenvalue weighted by Gasteiger charge is -2.09. The van der Waals surface area contributed by atoms with E-state index in [0.29, 0.717) is 23.6 Å². The van der Waals surface area contributed by atoms with E-state index in [4.69, 9.17) is 0 Å². The van der Waals surface area contributed by atoms with Crippen molar-refractivity contribution in [2.24, 2.45) is 0 Å². The topological polar surface area (TPSA) is 54.0 Å². The number of carbonyl (C=O) groups is 1. The summed E-state index contributed by atoms with van der Waals surface area (Å²) in [6.45, 7) is 2.44. The van der Waals surface area contributed by atoms with Gasteiger partial charge in [-0.1, -0.05) is 35.9 Å². The molecule has 3 rings (SSSR count). The Balaban J connectivity index is 1.67. The Hall–Kier alpha value is -3.21. The van der Waals surface area contributed by atoms with Crippen LogP contribution in [-0.2, 0) is 6.54 Å². The van der Waals surface area contributed by atoms with Crippen molar-refractivity contribution >= 4 is 17.3 Å². The molecule has 0 bridgehead atoms. The first-order valence-electron chi connectivity index (χ1n) is 7.92. The van der Waals surface area contributed by atoms with E-state index in [0.717, 1.165) is 11.1 Å². The van der Waals surface area contributed by atoms with Crippen LogP contribution >= 0.6 is 0 Å². The number of halogens is 1. The van der Waals surface area contributed by atoms with Crippen molar-refractivity contribution in [2.75, 3.05) is 5.32 Å². The van der Waals surface area contributed by atoms with Gasteiger partial charge >= 0.3 is 0 Å². The van der Waals surface area contributed by atoms with Crippen LogP contribution in [0.3, 0.4) is 0 Å². The molecular weight excluding hydrogens is 317 g/mol. The number of aryl methyl sites for hydroxylation is 1. The maximum atomic E-state index is 13.3. The second kappa shape index (κ2) is 7.57. The molecule has 4 nitrogen and oxygen atoms in total. The predicted molar refractivity (Wildman–Crippen MR) is 96.3 cm³/mol. The summed E-state index contributed by atoms with van der Waals surface area (Å²) < 4.78 is 13.3. The van der Waals surface area contributed by atoms with E-state index in [1.807, 2.05) is 31.2 Å². The normalized spacial score (nSPS) is 10.3. The third kappa shape index (κ3) is 4.64. The highest BCUT2D eigenvalue weighted by Gasteiger charge is 2.08. The van der Waals surface area contributed by atoms with Gasteiger partial charge in [0, 0.05) is 24.1 Å². The van der Waals surface area contributed by atoms with Gasteiger partial charge in [-0.15, -0.1) is 0 Å². The quantitative estimate of drug-likeness (QED) is 0.735. The number of hydrogen-bond acceptors (Lipinski definition) is 3. The molecule has 0 atom stereocenters. The number of amides is 1. The molecule has 2 aromatic carbocycles. The van der Waals surface area contributed by atoms with E-state index in [1.54, 1.807) is 30.5 Å². The number of anilines is 2. The minimum absolute atomic E-state index is 0.260. The molecule has 126 valence electrons. The van der Waals surface area contributed by atoms with Crippen LogP contribution in [0, 0.1) is 12.7 Å². The molecule has 1 aromatic heterocycles. The van der Waals surface area contributed by atoms with Crippen LogP contribution in [0.5, 0.6) is 0 Å². The zero-order valence-electron chi connectivity index (χ0n) is 13.8. The van der Waals surface area contributed by atoms with Crippen molar-refractivity contribution < 1.29 is 9.18 Å². The maximum absolute atomic E-state index is 13.3.